The molecule has 1 saturated heterocycles. The van der Waals surface area contributed by atoms with Crippen molar-refractivity contribution in [2.75, 3.05) is 0 Å². The Bertz CT molecular complexity index is 685. The van der Waals surface area contributed by atoms with Crippen LogP contribution in [0.3, 0.4) is 0 Å². The second-order valence-electron chi connectivity index (χ2n) is 9.94. The lowest BCUT2D eigenvalue weighted by molar-refractivity contribution is -0.138. The molecule has 0 radical (unpaired) electrons. The Balaban J connectivity index is 1.74. The van der Waals surface area contributed by atoms with Gasteiger partial charge in [0, 0.05) is 22.7 Å². The summed E-state index contributed by atoms with van der Waals surface area (Å²) in [6.45, 7) is 10.6. The Morgan fingerprint density at radius 2 is 1.92 bits per heavy atom. The molecule has 0 unspecified atom stereocenters. The van der Waals surface area contributed by atoms with Crippen LogP contribution in [-0.4, -0.2) is 34.5 Å². The zero-order valence-electron chi connectivity index (χ0n) is 15.3. The Kier molecular flexibility index (Phi) is 2.47. The molecule has 24 heavy (non-hydrogen) atoms. The fraction of sp³-hybridized carbons (Fsp3) is 0.900. The van der Waals surface area contributed by atoms with Crippen LogP contribution >= 0.6 is 0 Å². The number of carbonyl (C=O) groups excluding carboxylic acids is 2. The maximum atomic E-state index is 13.4. The Morgan fingerprint density at radius 1 is 1.25 bits per heavy atom. The molecule has 132 valence electrons. The highest BCUT2D eigenvalue weighted by molar-refractivity contribution is 5.99. The summed E-state index contributed by atoms with van der Waals surface area (Å²) in [4.78, 5) is 25.9. The fourth-order valence-corrected chi connectivity index (χ4v) is 8.45. The summed E-state index contributed by atoms with van der Waals surface area (Å²) in [5.74, 6) is 1.07. The minimum absolute atomic E-state index is 0.00907. The number of carbonyl (C=O) groups is 2. The van der Waals surface area contributed by atoms with Gasteiger partial charge in [-0.2, -0.15) is 0 Å². The van der Waals surface area contributed by atoms with Gasteiger partial charge in [-0.3, -0.25) is 9.59 Å². The largest absolute Gasteiger partial charge is 0.385 e. The number of hydrogen-bond donors (Lipinski definition) is 1. The number of ketones is 2. The third-order valence-corrected chi connectivity index (χ3v) is 9.61. The van der Waals surface area contributed by atoms with Gasteiger partial charge >= 0.3 is 0 Å². The molecule has 0 amide bonds. The first-order chi connectivity index (χ1) is 11.1. The number of epoxide rings is 1. The minimum Gasteiger partial charge on any atom is -0.385 e. The SMILES string of the molecule is CC(C)[C@H]1CC[C@@]23C[C@@H]4[C@H](C)C(=O)[C@H]5O[C@]54[C@@]2(C)[C@@H](O)C(=O)[C@]13C. The van der Waals surface area contributed by atoms with E-state index in [2.05, 4.69) is 27.7 Å². The zero-order chi connectivity index (χ0) is 17.4. The zero-order valence-corrected chi connectivity index (χ0v) is 15.3. The minimum atomic E-state index is -1.00. The van der Waals surface area contributed by atoms with Gasteiger partial charge in [-0.1, -0.05) is 34.6 Å². The highest BCUT2D eigenvalue weighted by Gasteiger charge is 2.94. The Labute approximate surface area is 143 Å². The molecule has 4 aliphatic carbocycles. The number of aliphatic hydroxyl groups is 1. The molecular weight excluding hydrogens is 304 g/mol. The predicted molar refractivity (Wildman–Crippen MR) is 87.1 cm³/mol. The van der Waals surface area contributed by atoms with Crippen molar-refractivity contribution in [1.29, 1.82) is 0 Å². The van der Waals surface area contributed by atoms with Crippen LogP contribution in [0.4, 0.5) is 0 Å². The van der Waals surface area contributed by atoms with Crippen LogP contribution in [-0.2, 0) is 14.3 Å². The normalized spacial score (nSPS) is 63.5. The van der Waals surface area contributed by atoms with Crippen molar-refractivity contribution < 1.29 is 19.4 Å². The molecule has 1 heterocycles. The number of Topliss-reactive ketones (excluding diaryl/α,β-unsaturated/α-hetero) is 2. The number of ether oxygens (including phenoxy) is 1. The average molecular weight is 332 g/mol. The molecule has 9 atom stereocenters. The summed E-state index contributed by atoms with van der Waals surface area (Å²) < 4.78 is 6.06. The smallest absolute Gasteiger partial charge is 0.168 e. The van der Waals surface area contributed by atoms with Crippen LogP contribution < -0.4 is 0 Å². The molecule has 0 aromatic rings. The average Bonchev–Trinajstić information content (AvgIpc) is 3.05. The van der Waals surface area contributed by atoms with Gasteiger partial charge < -0.3 is 9.84 Å². The maximum absolute atomic E-state index is 13.4. The number of hydrogen-bond acceptors (Lipinski definition) is 4. The first-order valence-corrected chi connectivity index (χ1v) is 9.55. The van der Waals surface area contributed by atoms with Gasteiger partial charge in [-0.25, -0.2) is 0 Å². The number of rotatable bonds is 1. The highest BCUT2D eigenvalue weighted by Crippen LogP contribution is 2.86. The van der Waals surface area contributed by atoms with Crippen molar-refractivity contribution in [3.8, 4) is 0 Å². The van der Waals surface area contributed by atoms with Gasteiger partial charge in [0.1, 0.15) is 17.8 Å². The molecule has 5 fully saturated rings. The van der Waals surface area contributed by atoms with Crippen LogP contribution in [0.1, 0.15) is 53.9 Å². The molecular formula is C20H28O4. The van der Waals surface area contributed by atoms with Crippen molar-refractivity contribution in [2.24, 2.45) is 39.9 Å². The second-order valence-corrected chi connectivity index (χ2v) is 9.94. The fourth-order valence-electron chi connectivity index (χ4n) is 8.45. The van der Waals surface area contributed by atoms with Crippen molar-refractivity contribution in [1.82, 2.24) is 0 Å². The van der Waals surface area contributed by atoms with Gasteiger partial charge in [-0.05, 0) is 36.5 Å². The van der Waals surface area contributed by atoms with E-state index in [4.69, 9.17) is 4.74 Å². The van der Waals surface area contributed by atoms with Gasteiger partial charge in [0.15, 0.2) is 11.6 Å². The molecule has 0 aromatic carbocycles. The number of aliphatic hydroxyl groups excluding tert-OH is 1. The second kappa shape index (κ2) is 3.83. The van der Waals surface area contributed by atoms with E-state index in [1.54, 1.807) is 0 Å². The summed E-state index contributed by atoms with van der Waals surface area (Å²) >= 11 is 0. The summed E-state index contributed by atoms with van der Waals surface area (Å²) in [5.41, 5.74) is -1.92. The summed E-state index contributed by atoms with van der Waals surface area (Å²) in [6, 6.07) is 0. The van der Waals surface area contributed by atoms with Crippen LogP contribution in [0.15, 0.2) is 0 Å². The molecule has 0 aromatic heterocycles. The summed E-state index contributed by atoms with van der Waals surface area (Å²) in [6.07, 6.45) is 1.48. The first kappa shape index (κ1) is 15.5. The standard InChI is InChI=1S/C20H28O4/c1-9(2)11-6-7-19-8-12-10(3)13(21)16-20(12,24-16)18(19,5)15(23)14(22)17(11,19)4/h9-12,15-16,23H,6-8H2,1-5H3/t10-,11+,12+,15-,16+,17-,18-,19-,20-/m0/s1. The quantitative estimate of drug-likeness (QED) is 0.749. The van der Waals surface area contributed by atoms with Crippen LogP contribution in [0.5, 0.6) is 0 Å². The van der Waals surface area contributed by atoms with E-state index in [0.29, 0.717) is 11.8 Å². The van der Waals surface area contributed by atoms with Crippen molar-refractivity contribution in [3.63, 3.8) is 0 Å². The van der Waals surface area contributed by atoms with E-state index in [1.165, 1.54) is 0 Å². The van der Waals surface area contributed by atoms with E-state index in [-0.39, 0.29) is 34.9 Å². The van der Waals surface area contributed by atoms with Crippen molar-refractivity contribution in [2.45, 2.75) is 71.7 Å². The van der Waals surface area contributed by atoms with E-state index in [0.717, 1.165) is 19.3 Å². The molecule has 1 aliphatic heterocycles. The third-order valence-electron chi connectivity index (χ3n) is 9.61. The molecule has 5 rings (SSSR count). The lowest BCUT2D eigenvalue weighted by Gasteiger charge is -2.46. The summed E-state index contributed by atoms with van der Waals surface area (Å²) in [5, 5.41) is 11.2. The molecule has 4 heteroatoms. The van der Waals surface area contributed by atoms with E-state index >= 15 is 0 Å². The molecule has 5 aliphatic rings. The van der Waals surface area contributed by atoms with Gasteiger partial charge in [0.25, 0.3) is 0 Å². The Morgan fingerprint density at radius 3 is 2.54 bits per heavy atom. The maximum Gasteiger partial charge on any atom is 0.168 e. The van der Waals surface area contributed by atoms with E-state index in [9.17, 15) is 14.7 Å². The monoisotopic (exact) mass is 332 g/mol. The molecule has 4 saturated carbocycles. The summed E-state index contributed by atoms with van der Waals surface area (Å²) in [7, 11) is 0. The lowest BCUT2D eigenvalue weighted by atomic mass is 9.55. The topological polar surface area (TPSA) is 66.9 Å². The van der Waals surface area contributed by atoms with Gasteiger partial charge in [0.05, 0.1) is 0 Å². The van der Waals surface area contributed by atoms with Crippen molar-refractivity contribution >= 4 is 11.6 Å². The van der Waals surface area contributed by atoms with Gasteiger partial charge in [-0.15, -0.1) is 0 Å². The first-order valence-electron chi connectivity index (χ1n) is 9.55. The highest BCUT2D eigenvalue weighted by atomic mass is 16.6. The van der Waals surface area contributed by atoms with Crippen LogP contribution in [0.2, 0.25) is 0 Å². The predicted octanol–water partition coefficient (Wildman–Crippen LogP) is 2.37. The molecule has 0 bridgehead atoms. The third kappa shape index (κ3) is 1.07. The lowest BCUT2D eigenvalue weighted by Crippen LogP contribution is -2.50. The molecule has 1 N–H and O–H groups in total. The van der Waals surface area contributed by atoms with Crippen molar-refractivity contribution in [3.05, 3.63) is 0 Å². The van der Waals surface area contributed by atoms with Gasteiger partial charge in [0.2, 0.25) is 0 Å². The van der Waals surface area contributed by atoms with Crippen LogP contribution in [0.25, 0.3) is 0 Å². The molecule has 2 spiro atoms. The van der Waals surface area contributed by atoms with E-state index < -0.39 is 22.5 Å². The van der Waals surface area contributed by atoms with E-state index in [1.807, 2.05) is 6.92 Å². The molecule has 4 nitrogen and oxygen atoms in total. The Hall–Kier alpha value is -0.740. The van der Waals surface area contributed by atoms with Crippen LogP contribution in [0, 0.1) is 39.9 Å².